The summed E-state index contributed by atoms with van der Waals surface area (Å²) in [6.07, 6.45) is 1.75. The summed E-state index contributed by atoms with van der Waals surface area (Å²) in [4.78, 5) is 29.5. The van der Waals surface area contributed by atoms with E-state index >= 15 is 0 Å². The lowest BCUT2D eigenvalue weighted by atomic mass is 9.98. The van der Waals surface area contributed by atoms with Gasteiger partial charge in [-0.05, 0) is 66.1 Å². The first-order valence-corrected chi connectivity index (χ1v) is 15.5. The van der Waals surface area contributed by atoms with Crippen molar-refractivity contribution in [2.24, 2.45) is 0 Å². The number of aromatic amines is 1. The molecule has 12 heteroatoms. The first-order valence-electron chi connectivity index (χ1n) is 14.5. The first kappa shape index (κ1) is 30.2. The molecule has 2 aromatic heterocycles. The Morgan fingerprint density at radius 1 is 1.09 bits per heavy atom. The number of hydrogen-bond acceptors (Lipinski definition) is 8. The van der Waals surface area contributed by atoms with Crippen LogP contribution in [0.2, 0.25) is 0 Å². The second-order valence-corrected chi connectivity index (χ2v) is 12.5. The van der Waals surface area contributed by atoms with Crippen LogP contribution in [0.25, 0.3) is 22.5 Å². The van der Waals surface area contributed by atoms with Crippen molar-refractivity contribution in [3.8, 4) is 22.5 Å². The zero-order chi connectivity index (χ0) is 31.4. The largest absolute Gasteiger partial charge is 0.468 e. The number of amides is 2. The number of anilines is 1. The fourth-order valence-electron chi connectivity index (χ4n) is 5.27. The van der Waals surface area contributed by atoms with E-state index < -0.39 is 11.6 Å². The lowest BCUT2D eigenvalue weighted by Gasteiger charge is -2.28. The number of aromatic nitrogens is 4. The lowest BCUT2D eigenvalue weighted by molar-refractivity contribution is -0.127. The van der Waals surface area contributed by atoms with Crippen LogP contribution in [-0.4, -0.2) is 49.8 Å². The number of nitrogens with zero attached hydrogens (tertiary/aromatic N) is 4. The molecule has 2 amide bonds. The molecule has 45 heavy (non-hydrogen) atoms. The average molecular weight is 626 g/mol. The molecule has 230 valence electrons. The van der Waals surface area contributed by atoms with Gasteiger partial charge in [-0.1, -0.05) is 48.5 Å². The summed E-state index contributed by atoms with van der Waals surface area (Å²) >= 11 is 1.35. The number of thioether (sulfide) groups is 1. The van der Waals surface area contributed by atoms with Crippen LogP contribution in [0.3, 0.4) is 0 Å². The van der Waals surface area contributed by atoms with Gasteiger partial charge < -0.3 is 20.0 Å². The van der Waals surface area contributed by atoms with Crippen LogP contribution >= 0.6 is 11.8 Å². The molecular formula is C33H32FN7O3S. The van der Waals surface area contributed by atoms with Crippen molar-refractivity contribution in [3.63, 3.8) is 0 Å². The third-order valence-corrected chi connectivity index (χ3v) is 8.70. The summed E-state index contributed by atoms with van der Waals surface area (Å²) < 4.78 is 19.7. The summed E-state index contributed by atoms with van der Waals surface area (Å²) in [7, 11) is 0. The summed E-state index contributed by atoms with van der Waals surface area (Å²) in [5, 5.41) is 20.7. The molecule has 0 aliphatic carbocycles. The van der Waals surface area contributed by atoms with Gasteiger partial charge in [0.15, 0.2) is 0 Å². The summed E-state index contributed by atoms with van der Waals surface area (Å²) in [6.45, 7) is 4.57. The van der Waals surface area contributed by atoms with Gasteiger partial charge in [-0.3, -0.25) is 9.59 Å². The highest BCUT2D eigenvalue weighted by atomic mass is 32.2. The molecule has 1 aliphatic heterocycles. The second kappa shape index (κ2) is 13.0. The molecule has 0 saturated carbocycles. The molecular weight excluding hydrogens is 593 g/mol. The van der Waals surface area contributed by atoms with E-state index in [0.717, 1.165) is 28.0 Å². The fourth-order valence-corrected chi connectivity index (χ4v) is 6.37. The Morgan fingerprint density at radius 3 is 2.62 bits per heavy atom. The maximum Gasteiger partial charge on any atom is 0.250 e. The highest BCUT2D eigenvalue weighted by Gasteiger charge is 2.33. The monoisotopic (exact) mass is 625 g/mol. The predicted molar refractivity (Wildman–Crippen MR) is 170 cm³/mol. The van der Waals surface area contributed by atoms with Crippen LogP contribution in [0.4, 0.5) is 10.1 Å². The molecule has 0 fully saturated rings. The molecule has 3 heterocycles. The number of carbonyl (C=O) groups excluding carboxylic acids is 2. The third-order valence-electron chi connectivity index (χ3n) is 7.56. The van der Waals surface area contributed by atoms with Crippen molar-refractivity contribution in [1.29, 1.82) is 0 Å². The van der Waals surface area contributed by atoms with Gasteiger partial charge in [0.05, 0.1) is 25.0 Å². The van der Waals surface area contributed by atoms with Gasteiger partial charge in [-0.15, -0.1) is 22.0 Å². The number of furan rings is 1. The standard InChI is InChI=1S/C33H32FN7O3S/c1-33(2,35-18-24-6-5-15-44-24)17-30(42)36-27-20-45-29-16-23(34)13-14-28(29)41(32(27)43)19-21-9-11-22(12-10-21)25-7-3-4-8-26(25)31-37-39-40-38-31/h3-16,27,35H,17-20H2,1-2H3,(H,36,42)(H,37,38,39,40)/t27-/m1/s1. The SMILES string of the molecule is CC(C)(CC(=O)N[C@@H]1CSc2cc(F)ccc2N(Cc2ccc(-c3ccccc3-c3nn[nH]n3)cc2)C1=O)NCc1ccco1. The number of rotatable bonds is 10. The zero-order valence-corrected chi connectivity index (χ0v) is 25.6. The van der Waals surface area contributed by atoms with Gasteiger partial charge in [-0.2, -0.15) is 5.21 Å². The van der Waals surface area contributed by atoms with Crippen molar-refractivity contribution >= 4 is 29.3 Å². The maximum absolute atomic E-state index is 14.3. The fraction of sp³-hybridized carbons (Fsp3) is 0.242. The van der Waals surface area contributed by atoms with E-state index in [0.29, 0.717) is 23.0 Å². The minimum Gasteiger partial charge on any atom is -0.468 e. The number of carbonyl (C=O) groups is 2. The van der Waals surface area contributed by atoms with Crippen molar-refractivity contribution in [3.05, 3.63) is 102 Å². The molecule has 0 saturated heterocycles. The molecule has 0 bridgehead atoms. The molecule has 0 spiro atoms. The summed E-state index contributed by atoms with van der Waals surface area (Å²) in [6, 6.07) is 22.9. The molecule has 6 rings (SSSR count). The smallest absolute Gasteiger partial charge is 0.250 e. The first-order chi connectivity index (χ1) is 21.8. The number of H-pyrrole nitrogens is 1. The topological polar surface area (TPSA) is 129 Å². The van der Waals surface area contributed by atoms with E-state index in [1.807, 2.05) is 74.5 Å². The van der Waals surface area contributed by atoms with Crippen LogP contribution in [-0.2, 0) is 22.7 Å². The molecule has 5 aromatic rings. The summed E-state index contributed by atoms with van der Waals surface area (Å²) in [5.41, 5.74) is 3.67. The van der Waals surface area contributed by atoms with Crippen molar-refractivity contribution in [2.75, 3.05) is 10.7 Å². The number of benzene rings is 3. The van der Waals surface area contributed by atoms with Crippen molar-refractivity contribution in [2.45, 2.75) is 49.8 Å². The van der Waals surface area contributed by atoms with E-state index in [4.69, 9.17) is 4.42 Å². The summed E-state index contributed by atoms with van der Waals surface area (Å²) in [5.74, 6) is 0.648. The molecule has 3 N–H and O–H groups in total. The quantitative estimate of drug-likeness (QED) is 0.190. The van der Waals surface area contributed by atoms with Gasteiger partial charge in [0.25, 0.3) is 5.91 Å². The van der Waals surface area contributed by atoms with Crippen molar-refractivity contribution < 1.29 is 18.4 Å². The highest BCUT2D eigenvalue weighted by molar-refractivity contribution is 7.99. The molecule has 10 nitrogen and oxygen atoms in total. The van der Waals surface area contributed by atoms with Gasteiger partial charge in [-0.25, -0.2) is 4.39 Å². The van der Waals surface area contributed by atoms with E-state index in [-0.39, 0.29) is 36.4 Å². The molecule has 3 aromatic carbocycles. The molecule has 1 aliphatic rings. The number of fused-ring (bicyclic) bond motifs is 1. The van der Waals surface area contributed by atoms with Crippen molar-refractivity contribution in [1.82, 2.24) is 31.3 Å². The Bertz CT molecular complexity index is 1780. The minimum absolute atomic E-state index is 0.149. The highest BCUT2D eigenvalue weighted by Crippen LogP contribution is 2.36. The number of halogens is 1. The van der Waals surface area contributed by atoms with Crippen LogP contribution in [0.15, 0.2) is 94.4 Å². The number of hydrogen-bond donors (Lipinski definition) is 3. The number of tetrazole rings is 1. The molecule has 0 radical (unpaired) electrons. The van der Waals surface area contributed by atoms with E-state index in [9.17, 15) is 14.0 Å². The van der Waals surface area contributed by atoms with E-state index in [2.05, 4.69) is 31.3 Å². The predicted octanol–water partition coefficient (Wildman–Crippen LogP) is 5.35. The molecule has 1 atom stereocenters. The van der Waals surface area contributed by atoms with Crippen LogP contribution in [0, 0.1) is 5.82 Å². The average Bonchev–Trinajstić information content (AvgIpc) is 3.75. The second-order valence-electron chi connectivity index (χ2n) is 11.4. The maximum atomic E-state index is 14.3. The van der Waals surface area contributed by atoms with Crippen LogP contribution in [0.5, 0.6) is 0 Å². The van der Waals surface area contributed by atoms with Gasteiger partial charge in [0.1, 0.15) is 17.6 Å². The normalized spacial score (nSPS) is 15.0. The number of nitrogens with one attached hydrogen (secondary N) is 3. The van der Waals surface area contributed by atoms with Crippen LogP contribution in [0.1, 0.15) is 31.6 Å². The zero-order valence-electron chi connectivity index (χ0n) is 24.8. The van der Waals surface area contributed by atoms with E-state index in [1.165, 1.54) is 23.9 Å². The lowest BCUT2D eigenvalue weighted by Crippen LogP contribution is -2.51. The minimum atomic E-state index is -0.792. The molecule has 0 unspecified atom stereocenters. The Labute approximate surface area is 263 Å². The Morgan fingerprint density at radius 2 is 1.89 bits per heavy atom. The third kappa shape index (κ3) is 7.13. The Kier molecular flexibility index (Phi) is 8.76. The van der Waals surface area contributed by atoms with Gasteiger partial charge in [0, 0.05) is 28.2 Å². The Balaban J connectivity index is 1.19. The Hall–Kier alpha value is -4.81. The van der Waals surface area contributed by atoms with E-state index in [1.54, 1.807) is 17.2 Å². The van der Waals surface area contributed by atoms with Gasteiger partial charge in [0.2, 0.25) is 11.7 Å². The van der Waals surface area contributed by atoms with Crippen LogP contribution < -0.4 is 15.5 Å². The van der Waals surface area contributed by atoms with Gasteiger partial charge >= 0.3 is 0 Å².